The van der Waals surface area contributed by atoms with Crippen molar-refractivity contribution in [2.45, 2.75) is 12.5 Å². The zero-order valence-electron chi connectivity index (χ0n) is 10.5. The van der Waals surface area contributed by atoms with E-state index in [1.54, 1.807) is 12.1 Å². The van der Waals surface area contributed by atoms with E-state index in [-0.39, 0.29) is 16.9 Å². The number of hydrogen-bond donors (Lipinski definition) is 1. The summed E-state index contributed by atoms with van der Waals surface area (Å²) in [5, 5.41) is 3.48. The van der Waals surface area contributed by atoms with E-state index in [2.05, 4.69) is 40.0 Å². The summed E-state index contributed by atoms with van der Waals surface area (Å²) in [4.78, 5) is 0. The molecule has 0 bridgehead atoms. The quantitative estimate of drug-likeness (QED) is 0.754. The molecule has 0 saturated heterocycles. The number of nitrogens with one attached hydrogen (secondary N) is 1. The highest BCUT2D eigenvalue weighted by atomic mass is 127. The SMILES string of the molecule is CNC(Cc1ccc(F)c(Cl)c1)c1ccccc1I. The molecule has 2 rings (SSSR count). The van der Waals surface area contributed by atoms with Crippen molar-refractivity contribution in [3.8, 4) is 0 Å². The maximum atomic E-state index is 13.2. The number of hydrogen-bond acceptors (Lipinski definition) is 1. The molecule has 1 atom stereocenters. The van der Waals surface area contributed by atoms with Crippen LogP contribution in [0.1, 0.15) is 17.2 Å². The van der Waals surface area contributed by atoms with Crippen molar-refractivity contribution < 1.29 is 4.39 Å². The highest BCUT2D eigenvalue weighted by Crippen LogP contribution is 2.25. The summed E-state index contributed by atoms with van der Waals surface area (Å²) >= 11 is 8.15. The summed E-state index contributed by atoms with van der Waals surface area (Å²) in [6, 6.07) is 13.3. The number of likely N-dealkylation sites (N-methyl/N-ethyl adjacent to an activating group) is 1. The first-order valence-electron chi connectivity index (χ1n) is 5.97. The molecular weight excluding hydrogens is 376 g/mol. The molecule has 2 aromatic carbocycles. The number of rotatable bonds is 4. The lowest BCUT2D eigenvalue weighted by atomic mass is 9.99. The molecule has 1 unspecified atom stereocenters. The Morgan fingerprint density at radius 2 is 2.00 bits per heavy atom. The Hall–Kier alpha value is -0.650. The van der Waals surface area contributed by atoms with Crippen molar-refractivity contribution >= 4 is 34.2 Å². The third-order valence-corrected chi connectivity index (χ3v) is 4.32. The van der Waals surface area contributed by atoms with Crippen molar-refractivity contribution in [3.63, 3.8) is 0 Å². The van der Waals surface area contributed by atoms with Crippen molar-refractivity contribution in [2.24, 2.45) is 0 Å². The van der Waals surface area contributed by atoms with Crippen LogP contribution in [0, 0.1) is 9.39 Å². The van der Waals surface area contributed by atoms with Gasteiger partial charge in [0.05, 0.1) is 5.02 Å². The molecular formula is C15H14ClFIN. The lowest BCUT2D eigenvalue weighted by Gasteiger charge is -2.18. The molecule has 4 heteroatoms. The molecule has 0 amide bonds. The summed E-state index contributed by atoms with van der Waals surface area (Å²) in [7, 11) is 1.93. The molecule has 1 nitrogen and oxygen atoms in total. The van der Waals surface area contributed by atoms with Gasteiger partial charge >= 0.3 is 0 Å². The number of benzene rings is 2. The molecule has 0 aliphatic carbocycles. The summed E-state index contributed by atoms with van der Waals surface area (Å²) in [5.74, 6) is -0.374. The normalized spacial score (nSPS) is 12.4. The van der Waals surface area contributed by atoms with Crippen LogP contribution in [-0.2, 0) is 6.42 Å². The van der Waals surface area contributed by atoms with E-state index in [1.165, 1.54) is 15.2 Å². The Bertz CT molecular complexity index is 574. The van der Waals surface area contributed by atoms with E-state index < -0.39 is 0 Å². The Labute approximate surface area is 131 Å². The van der Waals surface area contributed by atoms with Gasteiger partial charge < -0.3 is 5.32 Å². The van der Waals surface area contributed by atoms with Crippen LogP contribution >= 0.6 is 34.2 Å². The Morgan fingerprint density at radius 3 is 2.63 bits per heavy atom. The molecule has 19 heavy (non-hydrogen) atoms. The molecule has 0 heterocycles. The third kappa shape index (κ3) is 3.68. The van der Waals surface area contributed by atoms with Crippen molar-refractivity contribution in [1.29, 1.82) is 0 Å². The van der Waals surface area contributed by atoms with E-state index in [1.807, 2.05) is 19.2 Å². The third-order valence-electron chi connectivity index (χ3n) is 3.05. The molecule has 2 aromatic rings. The lowest BCUT2D eigenvalue weighted by molar-refractivity contribution is 0.586. The highest BCUT2D eigenvalue weighted by molar-refractivity contribution is 14.1. The summed E-state index contributed by atoms with van der Waals surface area (Å²) in [5.41, 5.74) is 2.26. The van der Waals surface area contributed by atoms with Gasteiger partial charge in [-0.15, -0.1) is 0 Å². The summed E-state index contributed by atoms with van der Waals surface area (Å²) in [6.45, 7) is 0. The minimum absolute atomic E-state index is 0.176. The van der Waals surface area contributed by atoms with Crippen LogP contribution < -0.4 is 5.32 Å². The largest absolute Gasteiger partial charge is 0.313 e. The monoisotopic (exact) mass is 389 g/mol. The van der Waals surface area contributed by atoms with E-state index in [4.69, 9.17) is 11.6 Å². The smallest absolute Gasteiger partial charge is 0.141 e. The first kappa shape index (κ1) is 14.8. The fourth-order valence-corrected chi connectivity index (χ4v) is 2.99. The molecule has 0 aliphatic heterocycles. The molecule has 0 aliphatic rings. The standard InChI is InChI=1S/C15H14ClFIN/c1-19-15(11-4-2-3-5-14(11)18)9-10-6-7-13(17)12(16)8-10/h2-8,15,19H,9H2,1H3. The molecule has 0 aromatic heterocycles. The van der Waals surface area contributed by atoms with Gasteiger partial charge in [-0.05, 0) is 65.4 Å². The second-order valence-corrected chi connectivity index (χ2v) is 5.88. The fourth-order valence-electron chi connectivity index (χ4n) is 2.03. The predicted octanol–water partition coefficient (Wildman–Crippen LogP) is 4.59. The highest BCUT2D eigenvalue weighted by Gasteiger charge is 2.13. The average Bonchev–Trinajstić information content (AvgIpc) is 2.41. The molecule has 0 spiro atoms. The Balaban J connectivity index is 2.24. The van der Waals surface area contributed by atoms with Crippen LogP contribution in [0.15, 0.2) is 42.5 Å². The fraction of sp³-hybridized carbons (Fsp3) is 0.200. The average molecular weight is 390 g/mol. The lowest BCUT2D eigenvalue weighted by Crippen LogP contribution is -2.19. The zero-order valence-corrected chi connectivity index (χ0v) is 13.4. The molecule has 100 valence electrons. The Kier molecular flexibility index (Phi) is 5.19. The van der Waals surface area contributed by atoms with Gasteiger partial charge in [0.1, 0.15) is 5.82 Å². The van der Waals surface area contributed by atoms with Crippen LogP contribution in [0.25, 0.3) is 0 Å². The van der Waals surface area contributed by atoms with Gasteiger partial charge in [-0.1, -0.05) is 35.9 Å². The number of halogens is 3. The van der Waals surface area contributed by atoms with E-state index in [9.17, 15) is 4.39 Å². The van der Waals surface area contributed by atoms with Crippen LogP contribution in [0.5, 0.6) is 0 Å². The van der Waals surface area contributed by atoms with Crippen LogP contribution in [0.2, 0.25) is 5.02 Å². The molecule has 0 fully saturated rings. The van der Waals surface area contributed by atoms with Gasteiger partial charge in [-0.2, -0.15) is 0 Å². The first-order chi connectivity index (χ1) is 9.11. The predicted molar refractivity (Wildman–Crippen MR) is 86.1 cm³/mol. The Morgan fingerprint density at radius 1 is 1.26 bits per heavy atom. The van der Waals surface area contributed by atoms with Crippen molar-refractivity contribution in [3.05, 3.63) is 68.0 Å². The first-order valence-corrected chi connectivity index (χ1v) is 7.43. The van der Waals surface area contributed by atoms with Crippen molar-refractivity contribution in [1.82, 2.24) is 5.32 Å². The summed E-state index contributed by atoms with van der Waals surface area (Å²) in [6.07, 6.45) is 0.774. The van der Waals surface area contributed by atoms with Crippen molar-refractivity contribution in [2.75, 3.05) is 7.05 Å². The van der Waals surface area contributed by atoms with Gasteiger partial charge in [-0.3, -0.25) is 0 Å². The second kappa shape index (κ2) is 6.68. The minimum Gasteiger partial charge on any atom is -0.313 e. The zero-order chi connectivity index (χ0) is 13.8. The van der Waals surface area contributed by atoms with Crippen LogP contribution in [0.4, 0.5) is 4.39 Å². The maximum absolute atomic E-state index is 13.2. The van der Waals surface area contributed by atoms with Crippen LogP contribution in [-0.4, -0.2) is 7.05 Å². The summed E-state index contributed by atoms with van der Waals surface area (Å²) < 4.78 is 14.4. The van der Waals surface area contributed by atoms with Gasteiger partial charge in [0.25, 0.3) is 0 Å². The van der Waals surface area contributed by atoms with Crippen LogP contribution in [0.3, 0.4) is 0 Å². The second-order valence-electron chi connectivity index (χ2n) is 4.32. The van der Waals surface area contributed by atoms with Gasteiger partial charge in [-0.25, -0.2) is 4.39 Å². The maximum Gasteiger partial charge on any atom is 0.141 e. The molecule has 1 N–H and O–H groups in total. The minimum atomic E-state index is -0.374. The van der Waals surface area contributed by atoms with Gasteiger partial charge in [0.2, 0.25) is 0 Å². The van der Waals surface area contributed by atoms with Gasteiger partial charge in [0.15, 0.2) is 0 Å². The molecule has 0 saturated carbocycles. The van der Waals surface area contributed by atoms with E-state index >= 15 is 0 Å². The molecule has 0 radical (unpaired) electrons. The van der Waals surface area contributed by atoms with Gasteiger partial charge in [0, 0.05) is 9.61 Å². The van der Waals surface area contributed by atoms with E-state index in [0.29, 0.717) is 0 Å². The van der Waals surface area contributed by atoms with E-state index in [0.717, 1.165) is 12.0 Å². The topological polar surface area (TPSA) is 12.0 Å².